The predicted molar refractivity (Wildman–Crippen MR) is 141 cm³/mol. The van der Waals surface area contributed by atoms with E-state index in [1.165, 1.54) is 119 Å². The van der Waals surface area contributed by atoms with Crippen LogP contribution in [0.1, 0.15) is 128 Å². The fourth-order valence-electron chi connectivity index (χ4n) is 4.73. The molecule has 0 aliphatic carbocycles. The number of rotatable bonds is 19. The fraction of sp³-hybridized carbons (Fsp3) is 0.700. The van der Waals surface area contributed by atoms with E-state index in [1.54, 1.807) is 7.11 Å². The molecule has 0 spiro atoms. The summed E-state index contributed by atoms with van der Waals surface area (Å²) in [6, 6.07) is 6.77. The number of fused-ring (bicyclic) bond motifs is 1. The second-order valence-electron chi connectivity index (χ2n) is 9.62. The highest BCUT2D eigenvalue weighted by Gasteiger charge is 2.09. The van der Waals surface area contributed by atoms with E-state index >= 15 is 0 Å². The van der Waals surface area contributed by atoms with Crippen molar-refractivity contribution in [1.29, 1.82) is 0 Å². The number of benzene rings is 1. The van der Waals surface area contributed by atoms with Crippen LogP contribution in [0, 0.1) is 0 Å². The lowest BCUT2D eigenvalue weighted by Gasteiger charge is -2.12. The van der Waals surface area contributed by atoms with E-state index in [1.807, 2.05) is 0 Å². The summed E-state index contributed by atoms with van der Waals surface area (Å²) in [6.07, 6.45) is 26.2. The second-order valence-corrected chi connectivity index (χ2v) is 9.62. The van der Waals surface area contributed by atoms with Gasteiger partial charge in [-0.25, -0.2) is 0 Å². The normalized spacial score (nSPS) is 11.3. The Labute approximate surface area is 198 Å². The van der Waals surface area contributed by atoms with Gasteiger partial charge in [0, 0.05) is 11.6 Å². The number of unbranched alkanes of at least 4 members (excludes halogenated alkanes) is 14. The largest absolute Gasteiger partial charge is 0.494 e. The van der Waals surface area contributed by atoms with Gasteiger partial charge in [-0.15, -0.1) is 0 Å². The van der Waals surface area contributed by atoms with Crippen LogP contribution in [-0.4, -0.2) is 12.1 Å². The molecule has 1 heterocycles. The molecule has 2 heteroatoms. The van der Waals surface area contributed by atoms with Gasteiger partial charge in [0.1, 0.15) is 11.3 Å². The van der Waals surface area contributed by atoms with E-state index < -0.39 is 0 Å². The molecule has 1 aromatic heterocycles. The Hall–Kier alpha value is -1.57. The van der Waals surface area contributed by atoms with Crippen LogP contribution in [0.2, 0.25) is 0 Å². The highest BCUT2D eigenvalue weighted by atomic mass is 16.5. The molecule has 1 aromatic carbocycles. The molecule has 0 bridgehead atoms. The zero-order chi connectivity index (χ0) is 22.9. The van der Waals surface area contributed by atoms with Crippen molar-refractivity contribution in [2.24, 2.45) is 0 Å². The third-order valence-corrected chi connectivity index (χ3v) is 6.80. The summed E-state index contributed by atoms with van der Waals surface area (Å²) < 4.78 is 5.60. The van der Waals surface area contributed by atoms with Crippen molar-refractivity contribution in [2.45, 2.75) is 129 Å². The van der Waals surface area contributed by atoms with Gasteiger partial charge in [-0.2, -0.15) is 0 Å². The van der Waals surface area contributed by atoms with Crippen molar-refractivity contribution in [3.8, 4) is 5.75 Å². The first-order valence-corrected chi connectivity index (χ1v) is 13.7. The van der Waals surface area contributed by atoms with E-state index in [0.717, 1.165) is 24.1 Å². The lowest BCUT2D eigenvalue weighted by Crippen LogP contribution is -1.96. The van der Waals surface area contributed by atoms with Crippen LogP contribution in [0.4, 0.5) is 0 Å². The molecule has 32 heavy (non-hydrogen) atoms. The molecule has 0 atom stereocenters. The average molecular weight is 440 g/mol. The van der Waals surface area contributed by atoms with Crippen molar-refractivity contribution < 1.29 is 4.74 Å². The first-order valence-electron chi connectivity index (χ1n) is 13.7. The standard InChI is InChI=1S/C30H49NO/c1-4-6-8-10-12-14-16-18-20-26-24-28-27(21-19-17-15-13-11-9-7-5-2)22-23-29(32-3)30(28)31-25-26/h22-25H,4-21H2,1-3H3. The topological polar surface area (TPSA) is 22.1 Å². The maximum absolute atomic E-state index is 5.60. The summed E-state index contributed by atoms with van der Waals surface area (Å²) in [5.41, 5.74) is 3.86. The molecule has 2 rings (SSSR count). The molecule has 180 valence electrons. The number of aromatic nitrogens is 1. The Kier molecular flexibility index (Phi) is 14.2. The molecule has 0 saturated carbocycles. The minimum absolute atomic E-state index is 0.901. The van der Waals surface area contributed by atoms with Crippen molar-refractivity contribution in [2.75, 3.05) is 7.11 Å². The zero-order valence-electron chi connectivity index (χ0n) is 21.4. The van der Waals surface area contributed by atoms with Crippen LogP contribution < -0.4 is 4.74 Å². The number of pyridine rings is 1. The summed E-state index contributed by atoms with van der Waals surface area (Å²) in [5, 5.41) is 1.31. The molecule has 0 N–H and O–H groups in total. The van der Waals surface area contributed by atoms with Crippen molar-refractivity contribution >= 4 is 10.9 Å². The van der Waals surface area contributed by atoms with Crippen LogP contribution in [0.3, 0.4) is 0 Å². The Morgan fingerprint density at radius 2 is 1.19 bits per heavy atom. The summed E-state index contributed by atoms with van der Waals surface area (Å²) >= 11 is 0. The van der Waals surface area contributed by atoms with Crippen LogP contribution in [-0.2, 0) is 12.8 Å². The van der Waals surface area contributed by atoms with Gasteiger partial charge < -0.3 is 4.74 Å². The van der Waals surface area contributed by atoms with Gasteiger partial charge in [0.05, 0.1) is 7.11 Å². The van der Waals surface area contributed by atoms with E-state index in [9.17, 15) is 0 Å². The van der Waals surface area contributed by atoms with E-state index in [0.29, 0.717) is 0 Å². The molecule has 2 nitrogen and oxygen atoms in total. The SMILES string of the molecule is CCCCCCCCCCc1cnc2c(OC)ccc(CCCCCCCCCC)c2c1. The number of hydrogen-bond acceptors (Lipinski definition) is 2. The van der Waals surface area contributed by atoms with Gasteiger partial charge in [0.15, 0.2) is 0 Å². The Morgan fingerprint density at radius 3 is 1.75 bits per heavy atom. The van der Waals surface area contributed by atoms with Gasteiger partial charge in [0.2, 0.25) is 0 Å². The zero-order valence-corrected chi connectivity index (χ0v) is 21.4. The Balaban J connectivity index is 1.84. The smallest absolute Gasteiger partial charge is 0.145 e. The average Bonchev–Trinajstić information content (AvgIpc) is 2.82. The molecule has 2 aromatic rings. The maximum atomic E-state index is 5.60. The molecule has 0 unspecified atom stereocenters. The van der Waals surface area contributed by atoms with Crippen molar-refractivity contribution in [3.63, 3.8) is 0 Å². The first-order chi connectivity index (χ1) is 15.8. The highest BCUT2D eigenvalue weighted by molar-refractivity contribution is 5.88. The number of hydrogen-bond donors (Lipinski definition) is 0. The molecular formula is C30H49NO. The molecule has 0 aliphatic rings. The van der Waals surface area contributed by atoms with Crippen molar-refractivity contribution in [1.82, 2.24) is 4.98 Å². The summed E-state index contributed by atoms with van der Waals surface area (Å²) in [6.45, 7) is 4.57. The van der Waals surface area contributed by atoms with Gasteiger partial charge in [-0.3, -0.25) is 4.98 Å². The Morgan fingerprint density at radius 1 is 0.656 bits per heavy atom. The Bertz CT molecular complexity index is 739. The highest BCUT2D eigenvalue weighted by Crippen LogP contribution is 2.29. The van der Waals surface area contributed by atoms with Gasteiger partial charge in [-0.1, -0.05) is 110 Å². The third-order valence-electron chi connectivity index (χ3n) is 6.80. The van der Waals surface area contributed by atoms with E-state index in [-0.39, 0.29) is 0 Å². The van der Waals surface area contributed by atoms with Crippen molar-refractivity contribution in [3.05, 3.63) is 35.5 Å². The fourth-order valence-corrected chi connectivity index (χ4v) is 4.73. The maximum Gasteiger partial charge on any atom is 0.145 e. The van der Waals surface area contributed by atoms with E-state index in [2.05, 4.69) is 38.2 Å². The number of nitrogens with zero attached hydrogens (tertiary/aromatic N) is 1. The van der Waals surface area contributed by atoms with Gasteiger partial charge >= 0.3 is 0 Å². The lowest BCUT2D eigenvalue weighted by molar-refractivity contribution is 0.418. The van der Waals surface area contributed by atoms with Crippen LogP contribution in [0.5, 0.6) is 5.75 Å². The molecule has 0 saturated heterocycles. The monoisotopic (exact) mass is 439 g/mol. The van der Waals surface area contributed by atoms with Crippen LogP contribution in [0.15, 0.2) is 24.4 Å². The van der Waals surface area contributed by atoms with E-state index in [4.69, 9.17) is 9.72 Å². The van der Waals surface area contributed by atoms with Crippen LogP contribution in [0.25, 0.3) is 10.9 Å². The number of methoxy groups -OCH3 is 1. The summed E-state index contributed by atoms with van der Waals surface area (Å²) in [4.78, 5) is 4.82. The lowest BCUT2D eigenvalue weighted by atomic mass is 9.98. The first kappa shape index (κ1) is 26.7. The predicted octanol–water partition coefficient (Wildman–Crippen LogP) is 9.61. The second kappa shape index (κ2) is 17.0. The molecule has 0 amide bonds. The molecular weight excluding hydrogens is 390 g/mol. The quantitative estimate of drug-likeness (QED) is 0.203. The third kappa shape index (κ3) is 9.92. The number of ether oxygens (including phenoxy) is 1. The molecule has 0 fully saturated rings. The molecule has 0 radical (unpaired) electrons. The minimum atomic E-state index is 0.901. The van der Waals surface area contributed by atoms with Gasteiger partial charge in [0.25, 0.3) is 0 Å². The summed E-state index contributed by atoms with van der Waals surface area (Å²) in [5.74, 6) is 0.901. The minimum Gasteiger partial charge on any atom is -0.494 e. The number of aryl methyl sites for hydroxylation is 2. The van der Waals surface area contributed by atoms with Gasteiger partial charge in [-0.05, 0) is 48.9 Å². The summed E-state index contributed by atoms with van der Waals surface area (Å²) in [7, 11) is 1.75. The van der Waals surface area contributed by atoms with Crippen LogP contribution >= 0.6 is 0 Å². The molecule has 0 aliphatic heterocycles.